The maximum Gasteiger partial charge on any atom is 0.238 e. The van der Waals surface area contributed by atoms with Gasteiger partial charge in [-0.1, -0.05) is 24.3 Å². The molecular formula is C21H25N3O4S. The predicted octanol–water partition coefficient (Wildman–Crippen LogP) is 1.66. The molecule has 0 aromatic heterocycles. The van der Waals surface area contributed by atoms with Gasteiger partial charge in [-0.3, -0.25) is 9.59 Å². The Morgan fingerprint density at radius 3 is 2.52 bits per heavy atom. The van der Waals surface area contributed by atoms with Gasteiger partial charge in [-0.2, -0.15) is 0 Å². The number of nitrogens with zero attached hydrogens (tertiary/aromatic N) is 1. The molecule has 7 nitrogen and oxygen atoms in total. The van der Waals surface area contributed by atoms with Gasteiger partial charge in [0.05, 0.1) is 10.8 Å². The lowest BCUT2D eigenvalue weighted by molar-refractivity contribution is -0.126. The lowest BCUT2D eigenvalue weighted by Gasteiger charge is -2.20. The van der Waals surface area contributed by atoms with Crippen LogP contribution in [-0.4, -0.2) is 33.3 Å². The Balaban J connectivity index is 1.55. The lowest BCUT2D eigenvalue weighted by atomic mass is 10.1. The Morgan fingerprint density at radius 2 is 1.86 bits per heavy atom. The first kappa shape index (κ1) is 21.0. The normalized spacial score (nSPS) is 16.9. The Hall–Kier alpha value is -2.71. The van der Waals surface area contributed by atoms with Gasteiger partial charge in [-0.05, 0) is 55.2 Å². The summed E-state index contributed by atoms with van der Waals surface area (Å²) in [6, 6.07) is 12.1. The number of hydrogen-bond acceptors (Lipinski definition) is 4. The van der Waals surface area contributed by atoms with Gasteiger partial charge < -0.3 is 10.2 Å². The highest BCUT2D eigenvalue weighted by Crippen LogP contribution is 2.29. The zero-order chi connectivity index (χ0) is 21.2. The lowest BCUT2D eigenvalue weighted by Crippen LogP contribution is -2.34. The van der Waals surface area contributed by atoms with Crippen LogP contribution in [0, 0.1) is 19.8 Å². The summed E-state index contributed by atoms with van der Waals surface area (Å²) in [6.45, 7) is 4.76. The summed E-state index contributed by atoms with van der Waals surface area (Å²) < 4.78 is 22.6. The zero-order valence-corrected chi connectivity index (χ0v) is 17.3. The van der Waals surface area contributed by atoms with E-state index in [2.05, 4.69) is 5.32 Å². The molecule has 2 aromatic rings. The van der Waals surface area contributed by atoms with E-state index in [1.54, 1.807) is 17.0 Å². The molecule has 2 aromatic carbocycles. The first-order valence-corrected chi connectivity index (χ1v) is 11.0. The SMILES string of the molecule is Cc1cccc(N2CC(C(=O)NCCc3ccc(S(N)(=O)=O)cc3)CC2=O)c1C. The van der Waals surface area contributed by atoms with E-state index in [-0.39, 0.29) is 29.0 Å². The van der Waals surface area contributed by atoms with E-state index in [0.717, 1.165) is 22.4 Å². The molecule has 1 unspecified atom stereocenters. The fourth-order valence-corrected chi connectivity index (χ4v) is 3.98. The molecule has 0 spiro atoms. The van der Waals surface area contributed by atoms with Crippen molar-refractivity contribution in [2.75, 3.05) is 18.0 Å². The Kier molecular flexibility index (Phi) is 6.04. The first-order chi connectivity index (χ1) is 13.7. The minimum Gasteiger partial charge on any atom is -0.355 e. The summed E-state index contributed by atoms with van der Waals surface area (Å²) in [5, 5.41) is 7.96. The molecule has 0 saturated carbocycles. The third-order valence-corrected chi connectivity index (χ3v) is 6.26. The van der Waals surface area contributed by atoms with Crippen molar-refractivity contribution in [3.8, 4) is 0 Å². The van der Waals surface area contributed by atoms with Crippen LogP contribution in [0.1, 0.15) is 23.1 Å². The molecule has 1 fully saturated rings. The standard InChI is InChI=1S/C21H25N3O4S/c1-14-4-3-5-19(15(14)2)24-13-17(12-20(24)25)21(26)23-11-10-16-6-8-18(9-7-16)29(22,27)28/h3-9,17H,10-13H2,1-2H3,(H,23,26)(H2,22,27,28). The highest BCUT2D eigenvalue weighted by atomic mass is 32.2. The summed E-state index contributed by atoms with van der Waals surface area (Å²) in [4.78, 5) is 26.7. The number of rotatable bonds is 6. The summed E-state index contributed by atoms with van der Waals surface area (Å²) in [5.41, 5.74) is 3.90. The molecule has 1 aliphatic rings. The number of carbonyl (C=O) groups excluding carboxylic acids is 2. The van der Waals surface area contributed by atoms with E-state index in [4.69, 9.17) is 5.14 Å². The van der Waals surface area contributed by atoms with Crippen LogP contribution in [0.4, 0.5) is 5.69 Å². The third-order valence-electron chi connectivity index (χ3n) is 5.33. The number of nitrogens with two attached hydrogens (primary N) is 1. The van der Waals surface area contributed by atoms with Gasteiger partial charge >= 0.3 is 0 Å². The van der Waals surface area contributed by atoms with Gasteiger partial charge in [0, 0.05) is 25.2 Å². The number of sulfonamides is 1. The summed E-state index contributed by atoms with van der Waals surface area (Å²) in [6.07, 6.45) is 0.750. The molecule has 154 valence electrons. The van der Waals surface area contributed by atoms with Crippen molar-refractivity contribution in [1.82, 2.24) is 5.32 Å². The first-order valence-electron chi connectivity index (χ1n) is 9.43. The molecule has 0 bridgehead atoms. The fourth-order valence-electron chi connectivity index (χ4n) is 3.46. The highest BCUT2D eigenvalue weighted by molar-refractivity contribution is 7.89. The van der Waals surface area contributed by atoms with E-state index in [1.807, 2.05) is 32.0 Å². The second-order valence-corrected chi connectivity index (χ2v) is 8.92. The number of carbonyl (C=O) groups is 2. The molecule has 2 amide bonds. The van der Waals surface area contributed by atoms with Crippen LogP contribution < -0.4 is 15.4 Å². The molecule has 29 heavy (non-hydrogen) atoms. The van der Waals surface area contributed by atoms with Crippen LogP contribution in [0.25, 0.3) is 0 Å². The monoisotopic (exact) mass is 415 g/mol. The molecule has 1 aliphatic heterocycles. The van der Waals surface area contributed by atoms with Crippen LogP contribution in [-0.2, 0) is 26.0 Å². The molecule has 0 radical (unpaired) electrons. The fraction of sp³-hybridized carbons (Fsp3) is 0.333. The molecule has 1 heterocycles. The quantitative estimate of drug-likeness (QED) is 0.748. The average molecular weight is 416 g/mol. The number of primary sulfonamides is 1. The minimum absolute atomic E-state index is 0.0440. The largest absolute Gasteiger partial charge is 0.355 e. The smallest absolute Gasteiger partial charge is 0.238 e. The molecule has 8 heteroatoms. The maximum absolute atomic E-state index is 12.5. The molecule has 0 aliphatic carbocycles. The van der Waals surface area contributed by atoms with E-state index < -0.39 is 10.0 Å². The van der Waals surface area contributed by atoms with E-state index in [0.29, 0.717) is 19.5 Å². The number of nitrogens with one attached hydrogen (secondary N) is 1. The van der Waals surface area contributed by atoms with Gasteiger partial charge in [-0.15, -0.1) is 0 Å². The van der Waals surface area contributed by atoms with Gasteiger partial charge in [0.25, 0.3) is 0 Å². The molecule has 3 N–H and O–H groups in total. The zero-order valence-electron chi connectivity index (χ0n) is 16.5. The van der Waals surface area contributed by atoms with E-state index >= 15 is 0 Å². The Labute approximate surface area is 171 Å². The molecule has 1 atom stereocenters. The van der Waals surface area contributed by atoms with Crippen molar-refractivity contribution in [2.24, 2.45) is 11.1 Å². The minimum atomic E-state index is -3.71. The summed E-state index contributed by atoms with van der Waals surface area (Å²) >= 11 is 0. The van der Waals surface area contributed by atoms with Crippen molar-refractivity contribution >= 4 is 27.5 Å². The van der Waals surface area contributed by atoms with E-state index in [1.165, 1.54) is 12.1 Å². The number of aryl methyl sites for hydroxylation is 1. The number of hydrogen-bond donors (Lipinski definition) is 2. The number of amides is 2. The van der Waals surface area contributed by atoms with Gasteiger partial charge in [0.15, 0.2) is 0 Å². The highest BCUT2D eigenvalue weighted by Gasteiger charge is 2.35. The predicted molar refractivity (Wildman–Crippen MR) is 111 cm³/mol. The van der Waals surface area contributed by atoms with Crippen LogP contribution in [0.5, 0.6) is 0 Å². The Morgan fingerprint density at radius 1 is 1.17 bits per heavy atom. The van der Waals surface area contributed by atoms with Crippen LogP contribution in [0.15, 0.2) is 47.4 Å². The Bertz CT molecular complexity index is 1030. The average Bonchev–Trinajstić information content (AvgIpc) is 3.05. The van der Waals surface area contributed by atoms with Crippen LogP contribution in [0.2, 0.25) is 0 Å². The third kappa shape index (κ3) is 4.83. The van der Waals surface area contributed by atoms with Crippen LogP contribution in [0.3, 0.4) is 0 Å². The van der Waals surface area contributed by atoms with Crippen molar-refractivity contribution in [1.29, 1.82) is 0 Å². The maximum atomic E-state index is 12.5. The van der Waals surface area contributed by atoms with Crippen molar-refractivity contribution in [3.63, 3.8) is 0 Å². The topological polar surface area (TPSA) is 110 Å². The summed E-state index contributed by atoms with van der Waals surface area (Å²) in [7, 11) is -3.71. The summed E-state index contributed by atoms with van der Waals surface area (Å²) in [5.74, 6) is -0.572. The van der Waals surface area contributed by atoms with Gasteiger partial charge in [0.1, 0.15) is 0 Å². The molecular weight excluding hydrogens is 390 g/mol. The molecule has 1 saturated heterocycles. The second kappa shape index (κ2) is 8.34. The second-order valence-electron chi connectivity index (χ2n) is 7.35. The molecule has 3 rings (SSSR count). The van der Waals surface area contributed by atoms with Gasteiger partial charge in [0.2, 0.25) is 21.8 Å². The van der Waals surface area contributed by atoms with Crippen LogP contribution >= 0.6 is 0 Å². The number of benzene rings is 2. The van der Waals surface area contributed by atoms with Crippen molar-refractivity contribution in [2.45, 2.75) is 31.6 Å². The van der Waals surface area contributed by atoms with E-state index in [9.17, 15) is 18.0 Å². The van der Waals surface area contributed by atoms with Gasteiger partial charge in [-0.25, -0.2) is 13.6 Å². The van der Waals surface area contributed by atoms with Crippen molar-refractivity contribution in [3.05, 3.63) is 59.2 Å². The number of anilines is 1. The van der Waals surface area contributed by atoms with Crippen molar-refractivity contribution < 1.29 is 18.0 Å².